The van der Waals surface area contributed by atoms with E-state index < -0.39 is 10.0 Å². The molecule has 0 bridgehead atoms. The van der Waals surface area contributed by atoms with Crippen LogP contribution in [0.2, 0.25) is 0 Å². The SMILES string of the molecule is CCCCCN(C)S(=O)(=O)c1cc(CNC2CC2)oc1C. The third-order valence-electron chi connectivity index (χ3n) is 3.83. The lowest BCUT2D eigenvalue weighted by Gasteiger charge is -2.16. The van der Waals surface area contributed by atoms with Crippen LogP contribution in [0.3, 0.4) is 0 Å². The molecule has 0 atom stereocenters. The third kappa shape index (κ3) is 4.31. The molecule has 120 valence electrons. The van der Waals surface area contributed by atoms with Gasteiger partial charge in [-0.3, -0.25) is 0 Å². The minimum atomic E-state index is -3.44. The summed E-state index contributed by atoms with van der Waals surface area (Å²) in [5, 5.41) is 3.33. The van der Waals surface area contributed by atoms with Gasteiger partial charge in [-0.25, -0.2) is 12.7 Å². The number of rotatable bonds is 9. The van der Waals surface area contributed by atoms with Crippen LogP contribution in [0.25, 0.3) is 0 Å². The molecule has 0 saturated heterocycles. The molecule has 5 nitrogen and oxygen atoms in total. The lowest BCUT2D eigenvalue weighted by atomic mass is 10.2. The number of unbranched alkanes of at least 4 members (excludes halogenated alkanes) is 2. The van der Waals surface area contributed by atoms with Gasteiger partial charge in [0.05, 0.1) is 6.54 Å². The number of hydrogen-bond donors (Lipinski definition) is 1. The van der Waals surface area contributed by atoms with Gasteiger partial charge in [0.1, 0.15) is 16.4 Å². The maximum Gasteiger partial charge on any atom is 0.246 e. The Balaban J connectivity index is 2.03. The molecule has 1 fully saturated rings. The Morgan fingerprint density at radius 1 is 1.38 bits per heavy atom. The van der Waals surface area contributed by atoms with Gasteiger partial charge in [0.25, 0.3) is 0 Å². The van der Waals surface area contributed by atoms with E-state index in [1.54, 1.807) is 20.0 Å². The zero-order chi connectivity index (χ0) is 15.5. The van der Waals surface area contributed by atoms with Crippen LogP contribution in [-0.4, -0.2) is 32.4 Å². The van der Waals surface area contributed by atoms with Crippen LogP contribution in [-0.2, 0) is 16.6 Å². The van der Waals surface area contributed by atoms with E-state index in [1.807, 2.05) is 0 Å². The first-order valence-electron chi connectivity index (χ1n) is 7.74. The minimum Gasteiger partial charge on any atom is -0.464 e. The highest BCUT2D eigenvalue weighted by molar-refractivity contribution is 7.89. The number of hydrogen-bond acceptors (Lipinski definition) is 4. The Morgan fingerprint density at radius 3 is 2.71 bits per heavy atom. The van der Waals surface area contributed by atoms with Crippen molar-refractivity contribution < 1.29 is 12.8 Å². The molecule has 1 saturated carbocycles. The van der Waals surface area contributed by atoms with Crippen molar-refractivity contribution in [2.24, 2.45) is 0 Å². The van der Waals surface area contributed by atoms with E-state index in [2.05, 4.69) is 12.2 Å². The Hall–Kier alpha value is -0.850. The molecule has 0 unspecified atom stereocenters. The van der Waals surface area contributed by atoms with Gasteiger partial charge in [-0.1, -0.05) is 19.8 Å². The van der Waals surface area contributed by atoms with E-state index in [1.165, 1.54) is 17.1 Å². The summed E-state index contributed by atoms with van der Waals surface area (Å²) in [6.45, 7) is 4.97. The molecular weight excluding hydrogens is 288 g/mol. The van der Waals surface area contributed by atoms with Gasteiger partial charge in [0.2, 0.25) is 10.0 Å². The minimum absolute atomic E-state index is 0.300. The molecule has 6 heteroatoms. The fourth-order valence-corrected chi connectivity index (χ4v) is 3.66. The molecule has 1 N–H and O–H groups in total. The molecule has 1 aromatic heterocycles. The standard InChI is InChI=1S/C15H26N2O3S/c1-4-5-6-9-17(3)21(18,19)15-10-14(20-12(15)2)11-16-13-7-8-13/h10,13,16H,4-9,11H2,1-3H3. The second-order valence-electron chi connectivity index (χ2n) is 5.82. The van der Waals surface area contributed by atoms with Gasteiger partial charge < -0.3 is 9.73 Å². The van der Waals surface area contributed by atoms with E-state index in [0.717, 1.165) is 19.3 Å². The van der Waals surface area contributed by atoms with Crippen LogP contribution < -0.4 is 5.32 Å². The van der Waals surface area contributed by atoms with Gasteiger partial charge in [-0.05, 0) is 26.2 Å². The summed E-state index contributed by atoms with van der Waals surface area (Å²) in [6, 6.07) is 2.24. The zero-order valence-corrected chi connectivity index (χ0v) is 14.0. The summed E-state index contributed by atoms with van der Waals surface area (Å²) in [6.07, 6.45) is 5.41. The molecule has 0 aliphatic heterocycles. The van der Waals surface area contributed by atoms with Gasteiger partial charge in [0.15, 0.2) is 0 Å². The van der Waals surface area contributed by atoms with E-state index in [9.17, 15) is 8.42 Å². The van der Waals surface area contributed by atoms with Crippen LogP contribution in [0.15, 0.2) is 15.4 Å². The summed E-state index contributed by atoms with van der Waals surface area (Å²) < 4.78 is 32.1. The van der Waals surface area contributed by atoms with Crippen molar-refractivity contribution in [2.75, 3.05) is 13.6 Å². The molecule has 0 spiro atoms. The lowest BCUT2D eigenvalue weighted by molar-refractivity contribution is 0.443. The smallest absolute Gasteiger partial charge is 0.246 e. The molecule has 1 aliphatic rings. The number of aryl methyl sites for hydroxylation is 1. The second kappa shape index (κ2) is 6.94. The molecular formula is C15H26N2O3S. The van der Waals surface area contributed by atoms with Crippen LogP contribution in [0, 0.1) is 6.92 Å². The summed E-state index contributed by atoms with van der Waals surface area (Å²) in [4.78, 5) is 0.300. The summed E-state index contributed by atoms with van der Waals surface area (Å²) in [5.41, 5.74) is 0. The average molecular weight is 314 g/mol. The lowest BCUT2D eigenvalue weighted by Crippen LogP contribution is -2.28. The molecule has 21 heavy (non-hydrogen) atoms. The van der Waals surface area contributed by atoms with Gasteiger partial charge in [-0.2, -0.15) is 0 Å². The van der Waals surface area contributed by atoms with E-state index in [4.69, 9.17) is 4.42 Å². The highest BCUT2D eigenvalue weighted by Gasteiger charge is 2.26. The Labute approximate surface area is 127 Å². The van der Waals surface area contributed by atoms with Crippen molar-refractivity contribution in [3.05, 3.63) is 17.6 Å². The predicted molar refractivity (Wildman–Crippen MR) is 82.6 cm³/mol. The van der Waals surface area contributed by atoms with Crippen molar-refractivity contribution in [2.45, 2.75) is 63.4 Å². The monoisotopic (exact) mass is 314 g/mol. The number of nitrogens with one attached hydrogen (secondary N) is 1. The van der Waals surface area contributed by atoms with Crippen LogP contribution in [0.5, 0.6) is 0 Å². The van der Waals surface area contributed by atoms with Crippen molar-refractivity contribution in [3.8, 4) is 0 Å². The van der Waals surface area contributed by atoms with Gasteiger partial charge in [-0.15, -0.1) is 0 Å². The maximum atomic E-state index is 12.6. The van der Waals surface area contributed by atoms with Crippen molar-refractivity contribution in [1.29, 1.82) is 0 Å². The fraction of sp³-hybridized carbons (Fsp3) is 0.733. The normalized spacial score (nSPS) is 15.8. The molecule has 1 heterocycles. The molecule has 0 radical (unpaired) electrons. The van der Waals surface area contributed by atoms with Gasteiger partial charge in [0, 0.05) is 25.7 Å². The third-order valence-corrected chi connectivity index (χ3v) is 5.79. The van der Waals surface area contributed by atoms with E-state index >= 15 is 0 Å². The quantitative estimate of drug-likeness (QED) is 0.712. The van der Waals surface area contributed by atoms with Crippen molar-refractivity contribution in [1.82, 2.24) is 9.62 Å². The Kier molecular flexibility index (Phi) is 5.46. The Morgan fingerprint density at radius 2 is 2.10 bits per heavy atom. The maximum absolute atomic E-state index is 12.6. The second-order valence-corrected chi connectivity index (χ2v) is 7.84. The highest BCUT2D eigenvalue weighted by Crippen LogP contribution is 2.25. The molecule has 0 amide bonds. The van der Waals surface area contributed by atoms with Crippen LogP contribution in [0.1, 0.15) is 50.5 Å². The average Bonchev–Trinajstić information content (AvgIpc) is 3.18. The highest BCUT2D eigenvalue weighted by atomic mass is 32.2. The first-order valence-corrected chi connectivity index (χ1v) is 9.18. The van der Waals surface area contributed by atoms with Crippen molar-refractivity contribution in [3.63, 3.8) is 0 Å². The fourth-order valence-electron chi connectivity index (χ4n) is 2.27. The zero-order valence-electron chi connectivity index (χ0n) is 13.2. The van der Waals surface area contributed by atoms with Crippen LogP contribution in [0.4, 0.5) is 0 Å². The number of furan rings is 1. The first kappa shape index (κ1) is 16.5. The number of nitrogens with zero attached hydrogens (tertiary/aromatic N) is 1. The molecule has 1 aromatic rings. The predicted octanol–water partition coefficient (Wildman–Crippen LogP) is 2.65. The first-order chi connectivity index (χ1) is 9.95. The summed E-state index contributed by atoms with van der Waals surface area (Å²) >= 11 is 0. The summed E-state index contributed by atoms with van der Waals surface area (Å²) in [7, 11) is -1.80. The molecule has 0 aromatic carbocycles. The van der Waals surface area contributed by atoms with Gasteiger partial charge >= 0.3 is 0 Å². The largest absolute Gasteiger partial charge is 0.464 e. The number of sulfonamides is 1. The topological polar surface area (TPSA) is 62.6 Å². The van der Waals surface area contributed by atoms with E-state index in [0.29, 0.717) is 35.5 Å². The van der Waals surface area contributed by atoms with Crippen molar-refractivity contribution >= 4 is 10.0 Å². The van der Waals surface area contributed by atoms with E-state index in [-0.39, 0.29) is 0 Å². The summed E-state index contributed by atoms with van der Waals surface area (Å²) in [5.74, 6) is 1.17. The molecule has 1 aliphatic carbocycles. The molecule has 2 rings (SSSR count). The Bertz CT molecular complexity index is 561. The van der Waals surface area contributed by atoms with Crippen LogP contribution >= 0.6 is 0 Å².